The molecule has 0 bridgehead atoms. The van der Waals surface area contributed by atoms with Crippen LogP contribution in [0.3, 0.4) is 0 Å². The van der Waals surface area contributed by atoms with Crippen LogP contribution in [0.4, 0.5) is 0 Å². The number of rotatable bonds is 5. The Balaban J connectivity index is 1.83. The van der Waals surface area contributed by atoms with Crippen molar-refractivity contribution in [1.82, 2.24) is 4.90 Å². The fourth-order valence-electron chi connectivity index (χ4n) is 1.99. The maximum absolute atomic E-state index is 5.37. The van der Waals surface area contributed by atoms with Crippen LogP contribution in [0.2, 0.25) is 0 Å². The van der Waals surface area contributed by atoms with E-state index in [0.29, 0.717) is 6.54 Å². The number of hydrogen-bond donors (Lipinski definition) is 1. The van der Waals surface area contributed by atoms with E-state index in [4.69, 9.17) is 5.73 Å². The Labute approximate surface area is 125 Å². The number of thiophene rings is 1. The van der Waals surface area contributed by atoms with Gasteiger partial charge in [-0.25, -0.2) is 0 Å². The van der Waals surface area contributed by atoms with E-state index in [1.807, 2.05) is 11.3 Å². The zero-order chi connectivity index (χ0) is 14.2. The summed E-state index contributed by atoms with van der Waals surface area (Å²) < 4.78 is 0. The molecule has 1 aromatic heterocycles. The lowest BCUT2D eigenvalue weighted by Gasteiger charge is -2.16. The van der Waals surface area contributed by atoms with Crippen molar-refractivity contribution in [3.8, 4) is 11.8 Å². The first-order valence-corrected chi connectivity index (χ1v) is 7.64. The Bertz CT molecular complexity index is 561. The van der Waals surface area contributed by atoms with Crippen molar-refractivity contribution in [1.29, 1.82) is 0 Å². The van der Waals surface area contributed by atoms with E-state index in [2.05, 4.69) is 65.6 Å². The fourth-order valence-corrected chi connectivity index (χ4v) is 2.69. The molecule has 0 fully saturated rings. The molecular formula is C17H20N2S. The highest BCUT2D eigenvalue weighted by Crippen LogP contribution is 2.11. The molecule has 0 atom stereocenters. The summed E-state index contributed by atoms with van der Waals surface area (Å²) in [5.41, 5.74) is 7.71. The molecule has 0 aliphatic heterocycles. The Morgan fingerprint density at radius 3 is 2.65 bits per heavy atom. The molecule has 0 unspecified atom stereocenters. The molecule has 104 valence electrons. The second kappa shape index (κ2) is 7.86. The summed E-state index contributed by atoms with van der Waals surface area (Å²) in [6.07, 6.45) is 1.12. The molecule has 0 spiro atoms. The molecule has 0 aliphatic carbocycles. The highest BCUT2D eigenvalue weighted by molar-refractivity contribution is 7.09. The summed E-state index contributed by atoms with van der Waals surface area (Å²) in [6, 6.07) is 12.7. The lowest BCUT2D eigenvalue weighted by atomic mass is 10.1. The number of hydrogen-bond acceptors (Lipinski definition) is 3. The Hall–Kier alpha value is -1.60. The van der Waals surface area contributed by atoms with Crippen LogP contribution in [0.5, 0.6) is 0 Å². The van der Waals surface area contributed by atoms with Crippen molar-refractivity contribution in [2.45, 2.75) is 13.0 Å². The van der Waals surface area contributed by atoms with E-state index in [1.165, 1.54) is 10.4 Å². The van der Waals surface area contributed by atoms with E-state index >= 15 is 0 Å². The minimum Gasteiger partial charge on any atom is -0.320 e. The van der Waals surface area contributed by atoms with Gasteiger partial charge in [0.2, 0.25) is 0 Å². The van der Waals surface area contributed by atoms with Crippen LogP contribution in [-0.2, 0) is 13.0 Å². The number of nitrogens with zero attached hydrogens (tertiary/aromatic N) is 1. The molecule has 0 saturated heterocycles. The van der Waals surface area contributed by atoms with Crippen molar-refractivity contribution in [3.05, 3.63) is 57.8 Å². The topological polar surface area (TPSA) is 29.3 Å². The summed E-state index contributed by atoms with van der Waals surface area (Å²) in [5, 5.41) is 2.14. The van der Waals surface area contributed by atoms with Gasteiger partial charge < -0.3 is 10.6 Å². The molecule has 2 aromatic rings. The first kappa shape index (κ1) is 14.8. The molecule has 0 saturated carbocycles. The summed E-state index contributed by atoms with van der Waals surface area (Å²) >= 11 is 1.83. The van der Waals surface area contributed by atoms with Crippen LogP contribution in [-0.4, -0.2) is 25.0 Å². The molecule has 20 heavy (non-hydrogen) atoms. The third-order valence-electron chi connectivity index (χ3n) is 3.06. The van der Waals surface area contributed by atoms with Crippen LogP contribution in [0.1, 0.15) is 16.0 Å². The van der Waals surface area contributed by atoms with Gasteiger partial charge in [0.05, 0.1) is 6.54 Å². The molecule has 0 amide bonds. The monoisotopic (exact) mass is 284 g/mol. The molecule has 2 N–H and O–H groups in total. The van der Waals surface area contributed by atoms with E-state index in [0.717, 1.165) is 25.1 Å². The predicted octanol–water partition coefficient (Wildman–Crippen LogP) is 2.73. The molecule has 1 aromatic carbocycles. The third kappa shape index (κ3) is 4.82. The van der Waals surface area contributed by atoms with Gasteiger partial charge >= 0.3 is 0 Å². The quantitative estimate of drug-likeness (QED) is 0.856. The summed E-state index contributed by atoms with van der Waals surface area (Å²) in [5.74, 6) is 5.91. The van der Waals surface area contributed by atoms with Gasteiger partial charge in [-0.05, 0) is 42.6 Å². The zero-order valence-corrected chi connectivity index (χ0v) is 12.6. The van der Waals surface area contributed by atoms with E-state index < -0.39 is 0 Å². The average molecular weight is 284 g/mol. The van der Waals surface area contributed by atoms with E-state index in [1.54, 1.807) is 0 Å². The van der Waals surface area contributed by atoms with Crippen LogP contribution in [0, 0.1) is 11.8 Å². The standard InChI is InChI=1S/C17H20N2S/c1-19(12-10-17-5-3-13-20-17)14-16-8-6-15(7-9-16)4-2-11-18/h3,5-9,13H,10-12,14,18H2,1H3. The average Bonchev–Trinajstić information content (AvgIpc) is 2.98. The Kier molecular flexibility index (Phi) is 5.82. The SMILES string of the molecule is CN(CCc1cccs1)Cc1ccc(C#CCN)cc1. The van der Waals surface area contributed by atoms with Gasteiger partial charge in [-0.3, -0.25) is 0 Å². The predicted molar refractivity (Wildman–Crippen MR) is 86.7 cm³/mol. The van der Waals surface area contributed by atoms with Crippen LogP contribution in [0.15, 0.2) is 41.8 Å². The minimum absolute atomic E-state index is 0.410. The zero-order valence-electron chi connectivity index (χ0n) is 11.8. The van der Waals surface area contributed by atoms with Gasteiger partial charge in [-0.15, -0.1) is 11.3 Å². The van der Waals surface area contributed by atoms with Crippen LogP contribution >= 0.6 is 11.3 Å². The van der Waals surface area contributed by atoms with Gasteiger partial charge in [-0.2, -0.15) is 0 Å². The van der Waals surface area contributed by atoms with Crippen LogP contribution < -0.4 is 5.73 Å². The van der Waals surface area contributed by atoms with E-state index in [9.17, 15) is 0 Å². The summed E-state index contributed by atoms with van der Waals surface area (Å²) in [4.78, 5) is 3.80. The fraction of sp³-hybridized carbons (Fsp3) is 0.294. The second-order valence-electron chi connectivity index (χ2n) is 4.77. The molecule has 1 heterocycles. The molecule has 0 radical (unpaired) electrons. The summed E-state index contributed by atoms with van der Waals surface area (Å²) in [6.45, 7) is 2.46. The van der Waals surface area contributed by atoms with Crippen molar-refractivity contribution in [2.75, 3.05) is 20.1 Å². The smallest absolute Gasteiger partial charge is 0.0555 e. The lowest BCUT2D eigenvalue weighted by Crippen LogP contribution is -2.20. The number of likely N-dealkylation sites (N-methyl/N-ethyl adjacent to an activating group) is 1. The Morgan fingerprint density at radius 1 is 1.20 bits per heavy atom. The van der Waals surface area contributed by atoms with Gasteiger partial charge in [0.15, 0.2) is 0 Å². The highest BCUT2D eigenvalue weighted by atomic mass is 32.1. The highest BCUT2D eigenvalue weighted by Gasteiger charge is 2.01. The molecule has 2 nitrogen and oxygen atoms in total. The van der Waals surface area contributed by atoms with Gasteiger partial charge in [0.1, 0.15) is 0 Å². The van der Waals surface area contributed by atoms with Crippen molar-refractivity contribution < 1.29 is 0 Å². The van der Waals surface area contributed by atoms with Gasteiger partial charge in [0, 0.05) is 23.5 Å². The first-order valence-electron chi connectivity index (χ1n) is 6.77. The minimum atomic E-state index is 0.410. The van der Waals surface area contributed by atoms with Gasteiger partial charge in [0.25, 0.3) is 0 Å². The van der Waals surface area contributed by atoms with Crippen LogP contribution in [0.25, 0.3) is 0 Å². The maximum atomic E-state index is 5.37. The largest absolute Gasteiger partial charge is 0.320 e. The molecule has 2 rings (SSSR count). The normalized spacial score (nSPS) is 10.3. The van der Waals surface area contributed by atoms with Crippen molar-refractivity contribution in [3.63, 3.8) is 0 Å². The lowest BCUT2D eigenvalue weighted by molar-refractivity contribution is 0.332. The second-order valence-corrected chi connectivity index (χ2v) is 5.80. The Morgan fingerprint density at radius 2 is 2.00 bits per heavy atom. The number of nitrogens with two attached hydrogens (primary N) is 1. The first-order chi connectivity index (χ1) is 9.78. The molecule has 3 heteroatoms. The van der Waals surface area contributed by atoms with Crippen molar-refractivity contribution >= 4 is 11.3 Å². The van der Waals surface area contributed by atoms with Gasteiger partial charge in [-0.1, -0.05) is 30.0 Å². The molecular weight excluding hydrogens is 264 g/mol. The third-order valence-corrected chi connectivity index (χ3v) is 4.00. The summed E-state index contributed by atoms with van der Waals surface area (Å²) in [7, 11) is 2.16. The molecule has 0 aliphatic rings. The maximum Gasteiger partial charge on any atom is 0.0555 e. The van der Waals surface area contributed by atoms with Crippen molar-refractivity contribution in [2.24, 2.45) is 5.73 Å². The van der Waals surface area contributed by atoms with E-state index in [-0.39, 0.29) is 0 Å². The number of benzene rings is 1.